The number of rotatable bonds is 3. The summed E-state index contributed by atoms with van der Waals surface area (Å²) in [6.45, 7) is 3.59. The average molecular weight is 265 g/mol. The van der Waals surface area contributed by atoms with Gasteiger partial charge in [-0.05, 0) is 19.3 Å². The molecule has 1 N–H and O–H groups in total. The van der Waals surface area contributed by atoms with E-state index in [1.807, 2.05) is 0 Å². The second kappa shape index (κ2) is 5.32. The first-order valence-electron chi connectivity index (χ1n) is 5.55. The Labute approximate surface area is 102 Å². The zero-order valence-corrected chi connectivity index (χ0v) is 11.1. The fourth-order valence-corrected chi connectivity index (χ4v) is 3.43. The van der Waals surface area contributed by atoms with Crippen molar-refractivity contribution in [2.24, 2.45) is 5.92 Å². The Bertz CT molecular complexity index is 380. The average Bonchev–Trinajstić information content (AvgIpc) is 2.30. The van der Waals surface area contributed by atoms with Crippen LogP contribution in [0.3, 0.4) is 0 Å². The summed E-state index contributed by atoms with van der Waals surface area (Å²) in [4.78, 5) is 11.3. The lowest BCUT2D eigenvalue weighted by Crippen LogP contribution is -2.49. The summed E-state index contributed by atoms with van der Waals surface area (Å²) in [7, 11) is -2.52. The normalized spacial score (nSPS) is 28.7. The third kappa shape index (κ3) is 2.97. The molecule has 0 spiro atoms. The fourth-order valence-electron chi connectivity index (χ4n) is 1.84. The van der Waals surface area contributed by atoms with Crippen molar-refractivity contribution >= 4 is 16.0 Å². The SMILES string of the molecule is COC(=O)C(C)S(=O)(=O)N1CCC(O)C(C)C1. The minimum atomic E-state index is -3.68. The Morgan fingerprint density at radius 1 is 1.53 bits per heavy atom. The van der Waals surface area contributed by atoms with Gasteiger partial charge in [0.2, 0.25) is 10.0 Å². The summed E-state index contributed by atoms with van der Waals surface area (Å²) in [5.74, 6) is -0.882. The summed E-state index contributed by atoms with van der Waals surface area (Å²) >= 11 is 0. The molecule has 3 unspecified atom stereocenters. The molecule has 1 fully saturated rings. The van der Waals surface area contributed by atoms with Gasteiger partial charge >= 0.3 is 5.97 Å². The van der Waals surface area contributed by atoms with E-state index in [0.717, 1.165) is 7.11 Å². The van der Waals surface area contributed by atoms with Crippen LogP contribution in [0.5, 0.6) is 0 Å². The molecule has 0 saturated carbocycles. The van der Waals surface area contributed by atoms with E-state index >= 15 is 0 Å². The zero-order chi connectivity index (χ0) is 13.2. The lowest BCUT2D eigenvalue weighted by Gasteiger charge is -2.34. The molecule has 1 heterocycles. The molecule has 6 nitrogen and oxygen atoms in total. The van der Waals surface area contributed by atoms with E-state index in [4.69, 9.17) is 0 Å². The van der Waals surface area contributed by atoms with Crippen LogP contribution in [0.15, 0.2) is 0 Å². The van der Waals surface area contributed by atoms with Crippen molar-refractivity contribution in [2.75, 3.05) is 20.2 Å². The molecule has 0 bridgehead atoms. The first kappa shape index (κ1) is 14.4. The molecule has 17 heavy (non-hydrogen) atoms. The summed E-state index contributed by atoms with van der Waals surface area (Å²) in [5, 5.41) is 8.34. The highest BCUT2D eigenvalue weighted by atomic mass is 32.2. The molecule has 100 valence electrons. The van der Waals surface area contributed by atoms with Crippen molar-refractivity contribution in [3.63, 3.8) is 0 Å². The van der Waals surface area contributed by atoms with Gasteiger partial charge in [0.1, 0.15) is 0 Å². The molecular formula is C10H19NO5S. The Balaban J connectivity index is 2.81. The van der Waals surface area contributed by atoms with Gasteiger partial charge in [0.15, 0.2) is 5.25 Å². The number of esters is 1. The predicted octanol–water partition coefficient (Wildman–Crippen LogP) is -0.420. The monoisotopic (exact) mass is 265 g/mol. The number of carbonyl (C=O) groups excluding carboxylic acids is 1. The molecule has 0 aromatic heterocycles. The second-order valence-electron chi connectivity index (χ2n) is 4.40. The quantitative estimate of drug-likeness (QED) is 0.701. The highest BCUT2D eigenvalue weighted by molar-refractivity contribution is 7.90. The Hall–Kier alpha value is -0.660. The number of nitrogens with zero attached hydrogens (tertiary/aromatic N) is 1. The highest BCUT2D eigenvalue weighted by Gasteiger charge is 2.38. The number of sulfonamides is 1. The predicted molar refractivity (Wildman–Crippen MR) is 61.8 cm³/mol. The van der Waals surface area contributed by atoms with Crippen LogP contribution in [0.4, 0.5) is 0 Å². The number of aliphatic hydroxyl groups is 1. The van der Waals surface area contributed by atoms with Gasteiger partial charge in [0.05, 0.1) is 13.2 Å². The molecule has 3 atom stereocenters. The number of carbonyl (C=O) groups is 1. The van der Waals surface area contributed by atoms with E-state index in [-0.39, 0.29) is 19.0 Å². The molecule has 0 amide bonds. The first-order valence-corrected chi connectivity index (χ1v) is 7.06. The van der Waals surface area contributed by atoms with Crippen LogP contribution < -0.4 is 0 Å². The van der Waals surface area contributed by atoms with Crippen LogP contribution in [0.25, 0.3) is 0 Å². The minimum absolute atomic E-state index is 0.122. The van der Waals surface area contributed by atoms with E-state index in [1.165, 1.54) is 11.2 Å². The molecule has 1 saturated heterocycles. The molecule has 0 aliphatic carbocycles. The first-order chi connectivity index (χ1) is 7.80. The Morgan fingerprint density at radius 2 is 2.12 bits per heavy atom. The Kier molecular flexibility index (Phi) is 4.51. The summed E-state index contributed by atoms with van der Waals surface area (Å²) in [6.07, 6.45) is -0.0798. The van der Waals surface area contributed by atoms with E-state index in [2.05, 4.69) is 4.74 Å². The molecule has 1 rings (SSSR count). The van der Waals surface area contributed by atoms with Crippen LogP contribution in [0.1, 0.15) is 20.3 Å². The van der Waals surface area contributed by atoms with Crippen LogP contribution in [-0.4, -0.2) is 55.4 Å². The molecule has 0 aromatic rings. The van der Waals surface area contributed by atoms with Gasteiger partial charge in [-0.15, -0.1) is 0 Å². The summed E-state index contributed by atoms with van der Waals surface area (Å²) in [5.41, 5.74) is 0. The molecule has 1 aliphatic heterocycles. The van der Waals surface area contributed by atoms with E-state index in [9.17, 15) is 18.3 Å². The number of aliphatic hydroxyl groups excluding tert-OH is 1. The van der Waals surface area contributed by atoms with Crippen molar-refractivity contribution in [1.82, 2.24) is 4.31 Å². The lowest BCUT2D eigenvalue weighted by molar-refractivity contribution is -0.139. The van der Waals surface area contributed by atoms with E-state index < -0.39 is 27.3 Å². The van der Waals surface area contributed by atoms with Gasteiger partial charge in [0, 0.05) is 13.1 Å². The van der Waals surface area contributed by atoms with E-state index in [1.54, 1.807) is 6.92 Å². The molecule has 0 aromatic carbocycles. The van der Waals surface area contributed by atoms with Crippen molar-refractivity contribution < 1.29 is 23.1 Å². The lowest BCUT2D eigenvalue weighted by atomic mass is 9.99. The van der Waals surface area contributed by atoms with Gasteiger partial charge in [-0.25, -0.2) is 12.7 Å². The summed E-state index contributed by atoms with van der Waals surface area (Å²) < 4.78 is 29.9. The van der Waals surface area contributed by atoms with Gasteiger partial charge in [-0.3, -0.25) is 4.79 Å². The number of hydrogen-bond acceptors (Lipinski definition) is 5. The molecule has 7 heteroatoms. The van der Waals surface area contributed by atoms with Gasteiger partial charge < -0.3 is 9.84 Å². The second-order valence-corrected chi connectivity index (χ2v) is 6.66. The molecule has 0 radical (unpaired) electrons. The highest BCUT2D eigenvalue weighted by Crippen LogP contribution is 2.21. The number of ether oxygens (including phenoxy) is 1. The maximum Gasteiger partial charge on any atom is 0.325 e. The van der Waals surface area contributed by atoms with Crippen LogP contribution in [0.2, 0.25) is 0 Å². The minimum Gasteiger partial charge on any atom is -0.468 e. The standard InChI is InChI=1S/C10H19NO5S/c1-7-6-11(5-4-9(7)12)17(14,15)8(2)10(13)16-3/h7-9,12H,4-6H2,1-3H3. The largest absolute Gasteiger partial charge is 0.468 e. The van der Waals surface area contributed by atoms with E-state index in [0.29, 0.717) is 6.42 Å². The van der Waals surface area contributed by atoms with Gasteiger partial charge in [-0.1, -0.05) is 6.92 Å². The van der Waals surface area contributed by atoms with Crippen molar-refractivity contribution in [3.05, 3.63) is 0 Å². The van der Waals surface area contributed by atoms with Gasteiger partial charge in [-0.2, -0.15) is 0 Å². The maximum absolute atomic E-state index is 12.1. The summed E-state index contributed by atoms with van der Waals surface area (Å²) in [6, 6.07) is 0. The third-order valence-corrected chi connectivity index (χ3v) is 5.30. The number of methoxy groups -OCH3 is 1. The Morgan fingerprint density at radius 3 is 2.59 bits per heavy atom. The van der Waals surface area contributed by atoms with Gasteiger partial charge in [0.25, 0.3) is 0 Å². The van der Waals surface area contributed by atoms with Crippen molar-refractivity contribution in [2.45, 2.75) is 31.6 Å². The molecule has 1 aliphatic rings. The van der Waals surface area contributed by atoms with Crippen LogP contribution in [-0.2, 0) is 19.6 Å². The van der Waals surface area contributed by atoms with Crippen LogP contribution in [0, 0.1) is 5.92 Å². The molecular weight excluding hydrogens is 246 g/mol. The maximum atomic E-state index is 12.1. The van der Waals surface area contributed by atoms with Crippen LogP contribution >= 0.6 is 0 Å². The third-order valence-electron chi connectivity index (χ3n) is 3.16. The van der Waals surface area contributed by atoms with Crippen molar-refractivity contribution in [1.29, 1.82) is 0 Å². The fraction of sp³-hybridized carbons (Fsp3) is 0.900. The zero-order valence-electron chi connectivity index (χ0n) is 10.3. The van der Waals surface area contributed by atoms with Crippen molar-refractivity contribution in [3.8, 4) is 0 Å². The smallest absolute Gasteiger partial charge is 0.325 e. The topological polar surface area (TPSA) is 83.9 Å². The number of piperidine rings is 1. The number of hydrogen-bond donors (Lipinski definition) is 1.